The van der Waals surface area contributed by atoms with Crippen LogP contribution in [-0.4, -0.2) is 30.6 Å². The highest BCUT2D eigenvalue weighted by Crippen LogP contribution is 2.30. The SMILES string of the molecule is CCCc1ccc(C(CN2CCCC2(C)C)NC)cc1. The molecule has 20 heavy (non-hydrogen) atoms. The lowest BCUT2D eigenvalue weighted by atomic mass is 9.99. The lowest BCUT2D eigenvalue weighted by molar-refractivity contribution is 0.158. The zero-order valence-electron chi connectivity index (χ0n) is 13.6. The third-order valence-electron chi connectivity index (χ3n) is 4.74. The second kappa shape index (κ2) is 6.73. The molecule has 1 atom stereocenters. The van der Waals surface area contributed by atoms with E-state index in [1.165, 1.54) is 43.4 Å². The van der Waals surface area contributed by atoms with Crippen molar-refractivity contribution in [3.8, 4) is 0 Å². The highest BCUT2D eigenvalue weighted by atomic mass is 15.2. The highest BCUT2D eigenvalue weighted by molar-refractivity contribution is 5.25. The van der Waals surface area contributed by atoms with Crippen molar-refractivity contribution in [3.05, 3.63) is 35.4 Å². The van der Waals surface area contributed by atoms with Gasteiger partial charge in [-0.2, -0.15) is 0 Å². The fourth-order valence-electron chi connectivity index (χ4n) is 3.29. The molecule has 1 unspecified atom stereocenters. The quantitative estimate of drug-likeness (QED) is 0.849. The summed E-state index contributed by atoms with van der Waals surface area (Å²) in [5, 5.41) is 3.49. The average Bonchev–Trinajstić information content (AvgIpc) is 2.76. The number of aryl methyl sites for hydroxylation is 1. The smallest absolute Gasteiger partial charge is 0.0447 e. The molecule has 0 radical (unpaired) electrons. The first-order valence-electron chi connectivity index (χ1n) is 8.08. The van der Waals surface area contributed by atoms with E-state index in [1.807, 2.05) is 0 Å². The highest BCUT2D eigenvalue weighted by Gasteiger charge is 2.33. The van der Waals surface area contributed by atoms with Gasteiger partial charge in [0.2, 0.25) is 0 Å². The number of likely N-dealkylation sites (N-methyl/N-ethyl adjacent to an activating group) is 1. The zero-order chi connectivity index (χ0) is 14.6. The average molecular weight is 274 g/mol. The molecule has 1 aromatic rings. The Hall–Kier alpha value is -0.860. The predicted octanol–water partition coefficient (Wildman–Crippen LogP) is 3.77. The summed E-state index contributed by atoms with van der Waals surface area (Å²) in [6, 6.07) is 9.61. The fraction of sp³-hybridized carbons (Fsp3) is 0.667. The van der Waals surface area contributed by atoms with Gasteiger partial charge in [-0.15, -0.1) is 0 Å². The first kappa shape index (κ1) is 15.5. The Morgan fingerprint density at radius 2 is 1.95 bits per heavy atom. The van der Waals surface area contributed by atoms with Gasteiger partial charge in [0.25, 0.3) is 0 Å². The zero-order valence-corrected chi connectivity index (χ0v) is 13.6. The molecule has 2 rings (SSSR count). The summed E-state index contributed by atoms with van der Waals surface area (Å²) < 4.78 is 0. The predicted molar refractivity (Wildman–Crippen MR) is 87.1 cm³/mol. The molecule has 1 aliphatic rings. The maximum atomic E-state index is 3.49. The Morgan fingerprint density at radius 1 is 1.25 bits per heavy atom. The molecule has 0 saturated carbocycles. The van der Waals surface area contributed by atoms with Crippen molar-refractivity contribution in [2.24, 2.45) is 0 Å². The summed E-state index contributed by atoms with van der Waals surface area (Å²) in [5.74, 6) is 0. The molecule has 0 aliphatic carbocycles. The maximum absolute atomic E-state index is 3.49. The van der Waals surface area contributed by atoms with E-state index in [4.69, 9.17) is 0 Å². The second-order valence-corrected chi connectivity index (χ2v) is 6.69. The van der Waals surface area contributed by atoms with Gasteiger partial charge < -0.3 is 5.32 Å². The molecule has 1 aliphatic heterocycles. The number of nitrogens with one attached hydrogen (secondary N) is 1. The van der Waals surface area contributed by atoms with Crippen LogP contribution in [0.2, 0.25) is 0 Å². The Bertz CT molecular complexity index is 408. The topological polar surface area (TPSA) is 15.3 Å². The Balaban J connectivity index is 2.04. The van der Waals surface area contributed by atoms with Gasteiger partial charge in [-0.1, -0.05) is 37.6 Å². The number of nitrogens with zero attached hydrogens (tertiary/aromatic N) is 1. The summed E-state index contributed by atoms with van der Waals surface area (Å²) in [7, 11) is 2.08. The molecule has 1 fully saturated rings. The number of rotatable bonds is 6. The van der Waals surface area contributed by atoms with Gasteiger partial charge in [0.15, 0.2) is 0 Å². The van der Waals surface area contributed by atoms with Crippen LogP contribution < -0.4 is 5.32 Å². The van der Waals surface area contributed by atoms with E-state index in [0.29, 0.717) is 11.6 Å². The van der Waals surface area contributed by atoms with Crippen LogP contribution in [0.4, 0.5) is 0 Å². The van der Waals surface area contributed by atoms with Gasteiger partial charge in [-0.25, -0.2) is 0 Å². The van der Waals surface area contributed by atoms with Crippen LogP contribution >= 0.6 is 0 Å². The summed E-state index contributed by atoms with van der Waals surface area (Å²) in [4.78, 5) is 2.63. The molecule has 1 N–H and O–H groups in total. The number of likely N-dealkylation sites (tertiary alicyclic amines) is 1. The van der Waals surface area contributed by atoms with Crippen LogP contribution in [0.5, 0.6) is 0 Å². The molecule has 2 heteroatoms. The molecule has 0 aromatic heterocycles. The molecule has 0 amide bonds. The van der Waals surface area contributed by atoms with Gasteiger partial charge in [0.1, 0.15) is 0 Å². The lowest BCUT2D eigenvalue weighted by Crippen LogP contribution is -2.42. The van der Waals surface area contributed by atoms with Crippen molar-refractivity contribution in [1.29, 1.82) is 0 Å². The van der Waals surface area contributed by atoms with Gasteiger partial charge in [-0.05, 0) is 57.8 Å². The first-order chi connectivity index (χ1) is 9.56. The molecular weight excluding hydrogens is 244 g/mol. The van der Waals surface area contributed by atoms with Crippen LogP contribution in [0.25, 0.3) is 0 Å². The van der Waals surface area contributed by atoms with E-state index in [2.05, 4.69) is 62.3 Å². The van der Waals surface area contributed by atoms with Gasteiger partial charge in [0.05, 0.1) is 0 Å². The van der Waals surface area contributed by atoms with Gasteiger partial charge >= 0.3 is 0 Å². The number of hydrogen-bond acceptors (Lipinski definition) is 2. The molecule has 0 spiro atoms. The molecular formula is C18H30N2. The van der Waals surface area contributed by atoms with Crippen LogP contribution in [0.1, 0.15) is 57.2 Å². The van der Waals surface area contributed by atoms with Crippen molar-refractivity contribution >= 4 is 0 Å². The third kappa shape index (κ3) is 3.62. The third-order valence-corrected chi connectivity index (χ3v) is 4.74. The normalized spacial score (nSPS) is 20.2. The summed E-state index contributed by atoms with van der Waals surface area (Å²) in [5.41, 5.74) is 3.22. The Morgan fingerprint density at radius 3 is 2.45 bits per heavy atom. The standard InChI is InChI=1S/C18H30N2/c1-5-7-15-8-10-16(11-9-15)17(19-4)14-20-13-6-12-18(20,2)3/h8-11,17,19H,5-7,12-14H2,1-4H3. The van der Waals surface area contributed by atoms with E-state index >= 15 is 0 Å². The minimum atomic E-state index is 0.358. The minimum absolute atomic E-state index is 0.358. The Labute approximate surface area is 124 Å². The van der Waals surface area contributed by atoms with E-state index in [0.717, 1.165) is 6.54 Å². The number of hydrogen-bond donors (Lipinski definition) is 1. The maximum Gasteiger partial charge on any atom is 0.0447 e. The minimum Gasteiger partial charge on any atom is -0.312 e. The van der Waals surface area contributed by atoms with Crippen LogP contribution in [0.3, 0.4) is 0 Å². The molecule has 1 saturated heterocycles. The number of benzene rings is 1. The molecule has 0 bridgehead atoms. The van der Waals surface area contributed by atoms with Gasteiger partial charge in [0, 0.05) is 18.1 Å². The monoisotopic (exact) mass is 274 g/mol. The van der Waals surface area contributed by atoms with E-state index in [1.54, 1.807) is 0 Å². The molecule has 112 valence electrons. The van der Waals surface area contributed by atoms with Crippen LogP contribution in [-0.2, 0) is 6.42 Å². The summed E-state index contributed by atoms with van der Waals surface area (Å²) in [6.07, 6.45) is 5.05. The van der Waals surface area contributed by atoms with Crippen molar-refractivity contribution in [2.75, 3.05) is 20.1 Å². The largest absolute Gasteiger partial charge is 0.312 e. The van der Waals surface area contributed by atoms with Crippen LogP contribution in [0.15, 0.2) is 24.3 Å². The van der Waals surface area contributed by atoms with Crippen molar-refractivity contribution in [1.82, 2.24) is 10.2 Å². The molecule has 1 heterocycles. The van der Waals surface area contributed by atoms with Crippen molar-refractivity contribution in [3.63, 3.8) is 0 Å². The first-order valence-corrected chi connectivity index (χ1v) is 8.08. The van der Waals surface area contributed by atoms with E-state index in [9.17, 15) is 0 Å². The van der Waals surface area contributed by atoms with Crippen molar-refractivity contribution in [2.45, 2.75) is 58.0 Å². The molecule has 2 nitrogen and oxygen atoms in total. The van der Waals surface area contributed by atoms with Crippen molar-refractivity contribution < 1.29 is 0 Å². The molecule has 1 aromatic carbocycles. The fourth-order valence-corrected chi connectivity index (χ4v) is 3.29. The van der Waals surface area contributed by atoms with Crippen LogP contribution in [0, 0.1) is 0 Å². The van der Waals surface area contributed by atoms with E-state index in [-0.39, 0.29) is 0 Å². The Kier molecular flexibility index (Phi) is 5.22. The van der Waals surface area contributed by atoms with E-state index < -0.39 is 0 Å². The summed E-state index contributed by atoms with van der Waals surface area (Å²) >= 11 is 0. The second-order valence-electron chi connectivity index (χ2n) is 6.69. The van der Waals surface area contributed by atoms with Gasteiger partial charge in [-0.3, -0.25) is 4.90 Å². The summed E-state index contributed by atoms with van der Waals surface area (Å²) in [6.45, 7) is 9.32. The lowest BCUT2D eigenvalue weighted by Gasteiger charge is -2.34.